The van der Waals surface area contributed by atoms with Gasteiger partial charge in [-0.05, 0) is 37.5 Å². The highest BCUT2D eigenvalue weighted by molar-refractivity contribution is 7.91. The van der Waals surface area contributed by atoms with Gasteiger partial charge in [0.2, 0.25) is 0 Å². The van der Waals surface area contributed by atoms with Crippen molar-refractivity contribution in [1.82, 2.24) is 0 Å². The van der Waals surface area contributed by atoms with Gasteiger partial charge >= 0.3 is 5.97 Å². The number of carboxylic acid groups (broad SMARTS) is 1. The summed E-state index contributed by atoms with van der Waals surface area (Å²) in [6, 6.07) is 0. The second-order valence-electron chi connectivity index (χ2n) is 5.40. The van der Waals surface area contributed by atoms with Gasteiger partial charge in [-0.3, -0.25) is 4.79 Å². The Balaban J connectivity index is 2.04. The van der Waals surface area contributed by atoms with E-state index in [0.717, 1.165) is 25.7 Å². The van der Waals surface area contributed by atoms with Crippen LogP contribution in [-0.4, -0.2) is 31.0 Å². The fraction of sp³-hybridized carbons (Fsp3) is 0.917. The average molecular weight is 260 g/mol. The predicted molar refractivity (Wildman–Crippen MR) is 64.5 cm³/mol. The number of carbonyl (C=O) groups is 1. The molecule has 0 aromatic carbocycles. The predicted octanol–water partition coefficient (Wildman–Crippen LogP) is 1.70. The molecule has 1 unspecified atom stereocenters. The lowest BCUT2D eigenvalue weighted by Gasteiger charge is -2.31. The molecular formula is C12H20O4S. The summed E-state index contributed by atoms with van der Waals surface area (Å²) in [6.45, 7) is 0. The summed E-state index contributed by atoms with van der Waals surface area (Å²) in [5.74, 6) is -0.339. The highest BCUT2D eigenvalue weighted by Crippen LogP contribution is 2.39. The zero-order chi connectivity index (χ0) is 12.5. The lowest BCUT2D eigenvalue weighted by molar-refractivity contribution is -0.146. The van der Waals surface area contributed by atoms with Gasteiger partial charge in [0.1, 0.15) is 9.84 Å². The van der Waals surface area contributed by atoms with Crippen molar-refractivity contribution < 1.29 is 18.3 Å². The van der Waals surface area contributed by atoms with E-state index >= 15 is 0 Å². The normalized spacial score (nSPS) is 28.0. The third-order valence-corrected chi connectivity index (χ3v) is 6.02. The van der Waals surface area contributed by atoms with E-state index in [4.69, 9.17) is 0 Å². The molecule has 0 aromatic rings. The molecule has 0 bridgehead atoms. The van der Waals surface area contributed by atoms with Crippen LogP contribution in [-0.2, 0) is 14.6 Å². The molecule has 0 spiro atoms. The Hall–Kier alpha value is -0.580. The van der Waals surface area contributed by atoms with Gasteiger partial charge in [-0.2, -0.15) is 0 Å². The van der Waals surface area contributed by atoms with Crippen LogP contribution in [0.15, 0.2) is 0 Å². The van der Waals surface area contributed by atoms with Gasteiger partial charge in [-0.25, -0.2) is 8.42 Å². The molecule has 0 amide bonds. The first kappa shape index (κ1) is 12.9. The zero-order valence-electron chi connectivity index (χ0n) is 9.97. The summed E-state index contributed by atoms with van der Waals surface area (Å²) in [6.07, 6.45) is 5.32. The lowest BCUT2D eigenvalue weighted by atomic mass is 9.78. The van der Waals surface area contributed by atoms with Gasteiger partial charge in [0.15, 0.2) is 0 Å². The highest BCUT2D eigenvalue weighted by Gasteiger charge is 2.39. The summed E-state index contributed by atoms with van der Waals surface area (Å²) >= 11 is 0. The quantitative estimate of drug-likeness (QED) is 0.838. The molecule has 5 heteroatoms. The first-order valence-corrected chi connectivity index (χ1v) is 8.25. The van der Waals surface area contributed by atoms with Crippen LogP contribution in [0, 0.1) is 17.8 Å². The average Bonchev–Trinajstić information content (AvgIpc) is 2.74. The van der Waals surface area contributed by atoms with Crippen molar-refractivity contribution in [2.45, 2.75) is 38.5 Å². The van der Waals surface area contributed by atoms with Crippen molar-refractivity contribution in [3.8, 4) is 0 Å². The summed E-state index contributed by atoms with van der Waals surface area (Å²) in [4.78, 5) is 11.4. The molecular weight excluding hydrogens is 240 g/mol. The van der Waals surface area contributed by atoms with Gasteiger partial charge < -0.3 is 5.11 Å². The van der Waals surface area contributed by atoms with Crippen molar-refractivity contribution in [3.63, 3.8) is 0 Å². The zero-order valence-corrected chi connectivity index (χ0v) is 10.8. The second kappa shape index (κ2) is 4.96. The molecule has 1 aliphatic carbocycles. The fourth-order valence-electron chi connectivity index (χ4n) is 3.37. The van der Waals surface area contributed by atoms with Gasteiger partial charge in [-0.15, -0.1) is 0 Å². The summed E-state index contributed by atoms with van der Waals surface area (Å²) in [5, 5.41) is 9.37. The van der Waals surface area contributed by atoms with Gasteiger partial charge in [0, 0.05) is 0 Å². The second-order valence-corrected chi connectivity index (χ2v) is 7.70. The molecule has 1 atom stereocenters. The minimum atomic E-state index is -2.89. The van der Waals surface area contributed by atoms with Crippen LogP contribution < -0.4 is 0 Å². The monoisotopic (exact) mass is 260 g/mol. The molecule has 2 rings (SSSR count). The number of hydrogen-bond donors (Lipinski definition) is 1. The number of hydrogen-bond acceptors (Lipinski definition) is 3. The maximum atomic E-state index is 11.4. The molecule has 1 heterocycles. The molecule has 98 valence electrons. The van der Waals surface area contributed by atoms with E-state index in [0.29, 0.717) is 12.8 Å². The third-order valence-electron chi connectivity index (χ3n) is 4.30. The van der Waals surface area contributed by atoms with E-state index < -0.39 is 15.8 Å². The highest BCUT2D eigenvalue weighted by atomic mass is 32.2. The third kappa shape index (κ3) is 3.00. The van der Waals surface area contributed by atoms with E-state index in [1.54, 1.807) is 0 Å². The molecule has 1 N–H and O–H groups in total. The summed E-state index contributed by atoms with van der Waals surface area (Å²) in [5.41, 5.74) is 0. The minimum absolute atomic E-state index is 0.0686. The number of rotatable bonds is 3. The molecule has 1 saturated carbocycles. The number of sulfone groups is 1. The van der Waals surface area contributed by atoms with Crippen molar-refractivity contribution in [2.75, 3.05) is 11.5 Å². The fourth-order valence-corrected chi connectivity index (χ4v) is 4.90. The first-order valence-electron chi connectivity index (χ1n) is 6.43. The molecule has 1 aliphatic heterocycles. The van der Waals surface area contributed by atoms with E-state index in [1.165, 1.54) is 0 Å². The summed E-state index contributed by atoms with van der Waals surface area (Å²) < 4.78 is 22.7. The van der Waals surface area contributed by atoms with Crippen LogP contribution in [0.2, 0.25) is 0 Å². The van der Waals surface area contributed by atoms with E-state index in [1.807, 2.05) is 0 Å². The van der Waals surface area contributed by atoms with E-state index in [9.17, 15) is 18.3 Å². The Morgan fingerprint density at radius 3 is 1.94 bits per heavy atom. The SMILES string of the molecule is O=C(O)C(C1CCCC1)C1CCS(=O)(=O)CC1. The minimum Gasteiger partial charge on any atom is -0.481 e. The maximum Gasteiger partial charge on any atom is 0.307 e. The Kier molecular flexibility index (Phi) is 3.76. The van der Waals surface area contributed by atoms with Gasteiger partial charge in [-0.1, -0.05) is 12.8 Å². The molecule has 1 saturated heterocycles. The van der Waals surface area contributed by atoms with Crippen LogP contribution in [0.1, 0.15) is 38.5 Å². The molecule has 0 aromatic heterocycles. The van der Waals surface area contributed by atoms with Crippen molar-refractivity contribution in [1.29, 1.82) is 0 Å². The Morgan fingerprint density at radius 2 is 1.47 bits per heavy atom. The lowest BCUT2D eigenvalue weighted by Crippen LogP contribution is -2.35. The largest absolute Gasteiger partial charge is 0.481 e. The van der Waals surface area contributed by atoms with E-state index in [-0.39, 0.29) is 29.3 Å². The van der Waals surface area contributed by atoms with Crippen LogP contribution >= 0.6 is 0 Å². The number of carboxylic acids is 1. The molecule has 2 fully saturated rings. The Morgan fingerprint density at radius 1 is 1.00 bits per heavy atom. The van der Waals surface area contributed by atoms with Crippen molar-refractivity contribution in [3.05, 3.63) is 0 Å². The molecule has 4 nitrogen and oxygen atoms in total. The van der Waals surface area contributed by atoms with Crippen molar-refractivity contribution >= 4 is 15.8 Å². The van der Waals surface area contributed by atoms with Crippen LogP contribution in [0.25, 0.3) is 0 Å². The summed E-state index contributed by atoms with van der Waals surface area (Å²) in [7, 11) is -2.89. The molecule has 2 aliphatic rings. The maximum absolute atomic E-state index is 11.4. The Bertz CT molecular complexity index is 367. The topological polar surface area (TPSA) is 71.4 Å². The van der Waals surface area contributed by atoms with Crippen LogP contribution in [0.3, 0.4) is 0 Å². The van der Waals surface area contributed by atoms with Crippen LogP contribution in [0.4, 0.5) is 0 Å². The first-order chi connectivity index (χ1) is 7.99. The molecule has 0 radical (unpaired) electrons. The van der Waals surface area contributed by atoms with E-state index in [2.05, 4.69) is 0 Å². The molecule has 17 heavy (non-hydrogen) atoms. The van der Waals surface area contributed by atoms with Crippen LogP contribution in [0.5, 0.6) is 0 Å². The van der Waals surface area contributed by atoms with Gasteiger partial charge in [0.25, 0.3) is 0 Å². The Labute approximate surface area is 102 Å². The standard InChI is InChI=1S/C12H20O4S/c13-12(14)11(9-3-1-2-4-9)10-5-7-17(15,16)8-6-10/h9-11H,1-8H2,(H,13,14). The smallest absolute Gasteiger partial charge is 0.307 e. The van der Waals surface area contributed by atoms with Gasteiger partial charge in [0.05, 0.1) is 17.4 Å². The van der Waals surface area contributed by atoms with Crippen molar-refractivity contribution in [2.24, 2.45) is 17.8 Å². The number of aliphatic carboxylic acids is 1.